The lowest BCUT2D eigenvalue weighted by molar-refractivity contribution is 0.0956. The molecule has 0 heterocycles. The first-order valence-electron chi connectivity index (χ1n) is 6.52. The summed E-state index contributed by atoms with van der Waals surface area (Å²) in [6, 6.07) is 5.33. The second-order valence-electron chi connectivity index (χ2n) is 4.43. The minimum Gasteiger partial charge on any atom is -0.399 e. The molecule has 1 amide bonds. The van der Waals surface area contributed by atoms with Crippen molar-refractivity contribution in [1.29, 1.82) is 0 Å². The van der Waals surface area contributed by atoms with E-state index in [2.05, 4.69) is 23.8 Å². The van der Waals surface area contributed by atoms with Crippen LogP contribution in [0, 0.1) is 0 Å². The molecular weight excluding hydrogens is 258 g/mol. The van der Waals surface area contributed by atoms with Gasteiger partial charge in [0.05, 0.1) is 5.56 Å². The zero-order valence-electron chi connectivity index (χ0n) is 11.8. The first-order valence-corrected chi connectivity index (χ1v) is 7.81. The maximum Gasteiger partial charge on any atom is 0.253 e. The first kappa shape index (κ1) is 15.7. The number of hydrogen-bond acceptors (Lipinski definition) is 4. The summed E-state index contributed by atoms with van der Waals surface area (Å²) in [4.78, 5) is 11.9. The third-order valence-electron chi connectivity index (χ3n) is 2.89. The monoisotopic (exact) mass is 281 g/mol. The molecule has 1 aromatic carbocycles. The van der Waals surface area contributed by atoms with E-state index in [-0.39, 0.29) is 5.91 Å². The average Bonchev–Trinajstić information content (AvgIpc) is 2.38. The summed E-state index contributed by atoms with van der Waals surface area (Å²) in [5, 5.41) is 6.71. The number of nitrogens with one attached hydrogen (secondary N) is 2. The number of rotatable bonds is 7. The van der Waals surface area contributed by atoms with E-state index < -0.39 is 0 Å². The van der Waals surface area contributed by atoms with Crippen molar-refractivity contribution in [3.8, 4) is 0 Å². The molecule has 1 rings (SSSR count). The van der Waals surface area contributed by atoms with Crippen LogP contribution in [0.1, 0.15) is 30.6 Å². The molecule has 1 aromatic rings. The molecule has 0 spiro atoms. The maximum absolute atomic E-state index is 11.9. The fraction of sp³-hybridized carbons (Fsp3) is 0.500. The van der Waals surface area contributed by atoms with Gasteiger partial charge in [-0.2, -0.15) is 11.8 Å². The zero-order valence-corrected chi connectivity index (χ0v) is 12.6. The number of anilines is 2. The molecule has 4 nitrogen and oxygen atoms in total. The van der Waals surface area contributed by atoms with Crippen molar-refractivity contribution >= 4 is 29.0 Å². The van der Waals surface area contributed by atoms with Gasteiger partial charge in [-0.25, -0.2) is 0 Å². The molecule has 4 N–H and O–H groups in total. The Balaban J connectivity index is 2.74. The third kappa shape index (κ3) is 5.03. The number of carbonyl (C=O) groups excluding carboxylic acids is 1. The lowest BCUT2D eigenvalue weighted by atomic mass is 10.1. The minimum absolute atomic E-state index is 0.0667. The SMILES string of the molecule is CCNC(=O)c1ccc(N)cc1NCCC(C)SC. The van der Waals surface area contributed by atoms with Gasteiger partial charge in [0.25, 0.3) is 5.91 Å². The van der Waals surface area contributed by atoms with Crippen molar-refractivity contribution in [2.24, 2.45) is 0 Å². The molecule has 0 aliphatic carbocycles. The zero-order chi connectivity index (χ0) is 14.3. The Morgan fingerprint density at radius 1 is 1.47 bits per heavy atom. The largest absolute Gasteiger partial charge is 0.399 e. The Hall–Kier alpha value is -1.36. The van der Waals surface area contributed by atoms with Gasteiger partial charge in [0.2, 0.25) is 0 Å². The number of nitrogens with two attached hydrogens (primary N) is 1. The molecule has 1 atom stereocenters. The molecule has 1 unspecified atom stereocenters. The molecule has 0 radical (unpaired) electrons. The summed E-state index contributed by atoms with van der Waals surface area (Å²) >= 11 is 1.84. The van der Waals surface area contributed by atoms with E-state index in [9.17, 15) is 4.79 Å². The van der Waals surface area contributed by atoms with Crippen LogP contribution in [-0.2, 0) is 0 Å². The highest BCUT2D eigenvalue weighted by molar-refractivity contribution is 7.99. The maximum atomic E-state index is 11.9. The normalized spacial score (nSPS) is 11.9. The summed E-state index contributed by atoms with van der Waals surface area (Å²) in [5.41, 5.74) is 7.90. The highest BCUT2D eigenvalue weighted by atomic mass is 32.2. The lowest BCUT2D eigenvalue weighted by Crippen LogP contribution is -2.24. The van der Waals surface area contributed by atoms with Crippen molar-refractivity contribution in [3.05, 3.63) is 23.8 Å². The van der Waals surface area contributed by atoms with E-state index in [0.29, 0.717) is 23.0 Å². The van der Waals surface area contributed by atoms with Crippen LogP contribution in [0.25, 0.3) is 0 Å². The van der Waals surface area contributed by atoms with E-state index in [1.807, 2.05) is 24.8 Å². The fourth-order valence-electron chi connectivity index (χ4n) is 1.69. The Bertz CT molecular complexity index is 423. The number of carbonyl (C=O) groups is 1. The van der Waals surface area contributed by atoms with Crippen LogP contribution < -0.4 is 16.4 Å². The van der Waals surface area contributed by atoms with E-state index in [0.717, 1.165) is 18.7 Å². The predicted molar refractivity (Wildman–Crippen MR) is 84.9 cm³/mol. The molecule has 0 aromatic heterocycles. The highest BCUT2D eigenvalue weighted by Crippen LogP contribution is 2.20. The third-order valence-corrected chi connectivity index (χ3v) is 3.93. The Labute approximate surface area is 119 Å². The predicted octanol–water partition coefficient (Wildman–Crippen LogP) is 2.57. The van der Waals surface area contributed by atoms with Gasteiger partial charge in [0, 0.05) is 29.7 Å². The first-order chi connectivity index (χ1) is 9.08. The van der Waals surface area contributed by atoms with Gasteiger partial charge in [-0.3, -0.25) is 4.79 Å². The average molecular weight is 281 g/mol. The van der Waals surface area contributed by atoms with Gasteiger partial charge in [-0.1, -0.05) is 6.92 Å². The van der Waals surface area contributed by atoms with Crippen LogP contribution in [-0.4, -0.2) is 30.5 Å². The van der Waals surface area contributed by atoms with E-state index in [1.54, 1.807) is 12.1 Å². The van der Waals surface area contributed by atoms with Crippen molar-refractivity contribution in [3.63, 3.8) is 0 Å². The van der Waals surface area contributed by atoms with Crippen molar-refractivity contribution in [2.75, 3.05) is 30.4 Å². The Morgan fingerprint density at radius 2 is 2.21 bits per heavy atom. The van der Waals surface area contributed by atoms with Gasteiger partial charge in [-0.15, -0.1) is 0 Å². The Kier molecular flexibility index (Phi) is 6.56. The van der Waals surface area contributed by atoms with Crippen LogP contribution in [0.2, 0.25) is 0 Å². The van der Waals surface area contributed by atoms with Crippen LogP contribution in [0.15, 0.2) is 18.2 Å². The van der Waals surface area contributed by atoms with E-state index in [4.69, 9.17) is 5.73 Å². The van der Waals surface area contributed by atoms with Gasteiger partial charge in [-0.05, 0) is 37.8 Å². The van der Waals surface area contributed by atoms with Gasteiger partial charge in [0.15, 0.2) is 0 Å². The number of thioether (sulfide) groups is 1. The molecule has 0 bridgehead atoms. The second-order valence-corrected chi connectivity index (χ2v) is 5.70. The number of benzene rings is 1. The molecular formula is C14H23N3OS. The van der Waals surface area contributed by atoms with Gasteiger partial charge < -0.3 is 16.4 Å². The topological polar surface area (TPSA) is 67.2 Å². The fourth-order valence-corrected chi connectivity index (χ4v) is 2.04. The molecule has 0 saturated heterocycles. The molecule has 5 heteroatoms. The highest BCUT2D eigenvalue weighted by Gasteiger charge is 2.11. The van der Waals surface area contributed by atoms with E-state index >= 15 is 0 Å². The van der Waals surface area contributed by atoms with E-state index in [1.165, 1.54) is 0 Å². The quantitative estimate of drug-likeness (QED) is 0.672. The van der Waals surface area contributed by atoms with Crippen LogP contribution in [0.3, 0.4) is 0 Å². The molecule has 19 heavy (non-hydrogen) atoms. The lowest BCUT2D eigenvalue weighted by Gasteiger charge is -2.14. The molecule has 106 valence electrons. The second kappa shape index (κ2) is 7.94. The molecule has 0 fully saturated rings. The summed E-state index contributed by atoms with van der Waals surface area (Å²) < 4.78 is 0. The van der Waals surface area contributed by atoms with Crippen molar-refractivity contribution in [2.45, 2.75) is 25.5 Å². The summed E-state index contributed by atoms with van der Waals surface area (Å²) in [5.74, 6) is -0.0667. The standard InChI is InChI=1S/C14H23N3OS/c1-4-16-14(18)12-6-5-11(15)9-13(12)17-8-7-10(2)19-3/h5-6,9-10,17H,4,7-8,15H2,1-3H3,(H,16,18). The van der Waals surface area contributed by atoms with Gasteiger partial charge in [0.1, 0.15) is 0 Å². The number of nitrogen functional groups attached to an aromatic ring is 1. The summed E-state index contributed by atoms with van der Waals surface area (Å²) in [6.07, 6.45) is 3.15. The van der Waals surface area contributed by atoms with Crippen molar-refractivity contribution < 1.29 is 4.79 Å². The van der Waals surface area contributed by atoms with Crippen LogP contribution in [0.5, 0.6) is 0 Å². The van der Waals surface area contributed by atoms with Crippen molar-refractivity contribution in [1.82, 2.24) is 5.32 Å². The van der Waals surface area contributed by atoms with Crippen LogP contribution in [0.4, 0.5) is 11.4 Å². The molecule has 0 aliphatic rings. The number of hydrogen-bond donors (Lipinski definition) is 3. The molecule has 0 aliphatic heterocycles. The minimum atomic E-state index is -0.0667. The smallest absolute Gasteiger partial charge is 0.253 e. The number of amides is 1. The summed E-state index contributed by atoms with van der Waals surface area (Å²) in [7, 11) is 0. The van der Waals surface area contributed by atoms with Gasteiger partial charge >= 0.3 is 0 Å². The Morgan fingerprint density at radius 3 is 2.84 bits per heavy atom. The molecule has 0 saturated carbocycles. The summed E-state index contributed by atoms with van der Waals surface area (Å²) in [6.45, 7) is 5.54. The van der Waals surface area contributed by atoms with Crippen LogP contribution >= 0.6 is 11.8 Å².